The van der Waals surface area contributed by atoms with Crippen LogP contribution in [-0.4, -0.2) is 28.0 Å². The average molecular weight is 453 g/mol. The molecule has 1 amide bonds. The second-order valence-electron chi connectivity index (χ2n) is 7.65. The van der Waals surface area contributed by atoms with Gasteiger partial charge >= 0.3 is 0 Å². The summed E-state index contributed by atoms with van der Waals surface area (Å²) in [6.45, 7) is 5.21. The molecule has 0 radical (unpaired) electrons. The van der Waals surface area contributed by atoms with E-state index in [1.807, 2.05) is 57.2 Å². The number of carbonyl (C=O) groups is 1. The van der Waals surface area contributed by atoms with Crippen LogP contribution < -0.4 is 14.4 Å². The summed E-state index contributed by atoms with van der Waals surface area (Å²) in [6.07, 6.45) is 0. The van der Waals surface area contributed by atoms with Crippen molar-refractivity contribution in [3.8, 4) is 5.75 Å². The molecular formula is C25H28N2O4S. The Morgan fingerprint density at radius 2 is 1.66 bits per heavy atom. The van der Waals surface area contributed by atoms with E-state index >= 15 is 0 Å². The average Bonchev–Trinajstić information content (AvgIpc) is 2.79. The van der Waals surface area contributed by atoms with Gasteiger partial charge in [0.2, 0.25) is 5.91 Å². The van der Waals surface area contributed by atoms with E-state index in [0.717, 1.165) is 16.7 Å². The number of para-hydroxylation sites is 1. The molecule has 32 heavy (non-hydrogen) atoms. The summed E-state index contributed by atoms with van der Waals surface area (Å²) in [6, 6.07) is 20.7. The number of hydrogen-bond donors (Lipinski definition) is 1. The van der Waals surface area contributed by atoms with Crippen LogP contribution in [0.25, 0.3) is 0 Å². The number of benzene rings is 3. The first-order chi connectivity index (χ1) is 15.2. The Morgan fingerprint density at radius 1 is 1.00 bits per heavy atom. The second kappa shape index (κ2) is 9.87. The predicted molar refractivity (Wildman–Crippen MR) is 126 cm³/mol. The summed E-state index contributed by atoms with van der Waals surface area (Å²) in [5.74, 6) is 0.243. The number of methoxy groups -OCH3 is 1. The molecule has 3 aromatic rings. The van der Waals surface area contributed by atoms with Crippen LogP contribution in [0, 0.1) is 13.8 Å². The quantitative estimate of drug-likeness (QED) is 0.550. The lowest BCUT2D eigenvalue weighted by Crippen LogP contribution is -2.42. The van der Waals surface area contributed by atoms with Crippen LogP contribution in [0.1, 0.15) is 29.7 Å². The minimum Gasteiger partial charge on any atom is -0.496 e. The maximum Gasteiger partial charge on any atom is 0.264 e. The lowest BCUT2D eigenvalue weighted by Gasteiger charge is -2.27. The molecule has 168 valence electrons. The third kappa shape index (κ3) is 5.11. The smallest absolute Gasteiger partial charge is 0.264 e. The third-order valence-electron chi connectivity index (χ3n) is 5.23. The molecule has 0 aliphatic carbocycles. The monoisotopic (exact) mass is 452 g/mol. The van der Waals surface area contributed by atoms with E-state index < -0.39 is 15.9 Å². The maximum absolute atomic E-state index is 13.5. The summed E-state index contributed by atoms with van der Waals surface area (Å²) in [5, 5.41) is 2.90. The van der Waals surface area contributed by atoms with Gasteiger partial charge in [-0.05, 0) is 56.2 Å². The van der Waals surface area contributed by atoms with Crippen LogP contribution >= 0.6 is 0 Å². The summed E-state index contributed by atoms with van der Waals surface area (Å²) in [5.41, 5.74) is 2.96. The van der Waals surface area contributed by atoms with Crippen LogP contribution in [-0.2, 0) is 14.8 Å². The first-order valence-corrected chi connectivity index (χ1v) is 11.8. The first-order valence-electron chi connectivity index (χ1n) is 10.3. The van der Waals surface area contributed by atoms with Gasteiger partial charge in [-0.3, -0.25) is 9.10 Å². The van der Waals surface area contributed by atoms with E-state index in [4.69, 9.17) is 4.74 Å². The molecule has 0 bridgehead atoms. The van der Waals surface area contributed by atoms with Crippen LogP contribution in [0.2, 0.25) is 0 Å². The van der Waals surface area contributed by atoms with Gasteiger partial charge in [-0.15, -0.1) is 0 Å². The van der Waals surface area contributed by atoms with E-state index in [1.165, 1.54) is 16.4 Å². The summed E-state index contributed by atoms with van der Waals surface area (Å²) in [4.78, 5) is 13.2. The largest absolute Gasteiger partial charge is 0.496 e. The van der Waals surface area contributed by atoms with Crippen LogP contribution in [0.5, 0.6) is 5.75 Å². The zero-order valence-electron chi connectivity index (χ0n) is 18.7. The van der Waals surface area contributed by atoms with Gasteiger partial charge in [0.15, 0.2) is 0 Å². The summed E-state index contributed by atoms with van der Waals surface area (Å²) < 4.78 is 33.6. The van der Waals surface area contributed by atoms with E-state index in [2.05, 4.69) is 5.32 Å². The molecule has 1 N–H and O–H groups in total. The molecule has 0 saturated carbocycles. The van der Waals surface area contributed by atoms with Gasteiger partial charge in [-0.1, -0.05) is 48.5 Å². The zero-order valence-corrected chi connectivity index (χ0v) is 19.5. The Labute approximate surface area is 189 Å². The van der Waals surface area contributed by atoms with E-state index in [9.17, 15) is 13.2 Å². The Balaban J connectivity index is 1.94. The SMILES string of the molecule is COc1ccccc1[C@@H](C)NC(=O)CN(c1cc(C)ccc1C)S(=O)(=O)c1ccccc1. The van der Waals surface area contributed by atoms with Gasteiger partial charge < -0.3 is 10.1 Å². The molecule has 0 unspecified atom stereocenters. The van der Waals surface area contributed by atoms with Crippen molar-refractivity contribution in [1.29, 1.82) is 0 Å². The molecule has 0 fully saturated rings. The number of amides is 1. The summed E-state index contributed by atoms with van der Waals surface area (Å²) >= 11 is 0. The van der Waals surface area contributed by atoms with Gasteiger partial charge in [-0.25, -0.2) is 8.42 Å². The number of aryl methyl sites for hydroxylation is 2. The lowest BCUT2D eigenvalue weighted by atomic mass is 10.1. The molecule has 7 heteroatoms. The Kier molecular flexibility index (Phi) is 7.20. The zero-order chi connectivity index (χ0) is 23.3. The number of sulfonamides is 1. The normalized spacial score (nSPS) is 12.1. The molecular weight excluding hydrogens is 424 g/mol. The van der Waals surface area contributed by atoms with E-state index in [-0.39, 0.29) is 17.5 Å². The minimum absolute atomic E-state index is 0.131. The number of ether oxygens (including phenoxy) is 1. The highest BCUT2D eigenvalue weighted by molar-refractivity contribution is 7.92. The highest BCUT2D eigenvalue weighted by Gasteiger charge is 2.29. The number of nitrogens with one attached hydrogen (secondary N) is 1. The fourth-order valence-electron chi connectivity index (χ4n) is 3.53. The molecule has 1 atom stereocenters. The molecule has 3 rings (SSSR count). The number of nitrogens with zero attached hydrogens (tertiary/aromatic N) is 1. The van der Waals surface area contributed by atoms with Gasteiger partial charge in [-0.2, -0.15) is 0 Å². The van der Waals surface area contributed by atoms with E-state index in [1.54, 1.807) is 31.4 Å². The van der Waals surface area contributed by atoms with Gasteiger partial charge in [0, 0.05) is 5.56 Å². The van der Waals surface area contributed by atoms with Crippen molar-refractivity contribution >= 4 is 21.6 Å². The Morgan fingerprint density at radius 3 is 2.34 bits per heavy atom. The topological polar surface area (TPSA) is 75.7 Å². The van der Waals surface area contributed by atoms with Gasteiger partial charge in [0.1, 0.15) is 12.3 Å². The van der Waals surface area contributed by atoms with Gasteiger partial charge in [0.05, 0.1) is 23.7 Å². The molecule has 0 aromatic heterocycles. The third-order valence-corrected chi connectivity index (χ3v) is 7.01. The molecule has 3 aromatic carbocycles. The van der Waals surface area contributed by atoms with Crippen molar-refractivity contribution in [3.05, 3.63) is 89.5 Å². The van der Waals surface area contributed by atoms with Crippen molar-refractivity contribution in [2.24, 2.45) is 0 Å². The van der Waals surface area contributed by atoms with Crippen LogP contribution in [0.4, 0.5) is 5.69 Å². The number of carbonyl (C=O) groups excluding carboxylic acids is 1. The van der Waals surface area contributed by atoms with E-state index in [0.29, 0.717) is 11.4 Å². The molecule has 0 aliphatic heterocycles. The fourth-order valence-corrected chi connectivity index (χ4v) is 5.03. The minimum atomic E-state index is -3.95. The molecule has 0 aliphatic rings. The number of hydrogen-bond acceptors (Lipinski definition) is 4. The number of rotatable bonds is 8. The molecule has 0 saturated heterocycles. The number of anilines is 1. The van der Waals surface area contributed by atoms with Crippen LogP contribution in [0.3, 0.4) is 0 Å². The maximum atomic E-state index is 13.5. The van der Waals surface area contributed by atoms with Crippen molar-refractivity contribution in [2.75, 3.05) is 18.0 Å². The highest BCUT2D eigenvalue weighted by Crippen LogP contribution is 2.28. The summed E-state index contributed by atoms with van der Waals surface area (Å²) in [7, 11) is -2.38. The highest BCUT2D eigenvalue weighted by atomic mass is 32.2. The second-order valence-corrected chi connectivity index (χ2v) is 9.51. The predicted octanol–water partition coefficient (Wildman–Crippen LogP) is 4.38. The lowest BCUT2D eigenvalue weighted by molar-refractivity contribution is -0.120. The Bertz CT molecular complexity index is 1190. The first kappa shape index (κ1) is 23.3. The standard InChI is InChI=1S/C25H28N2O4S/c1-18-14-15-19(2)23(16-18)27(32(29,30)21-10-6-5-7-11-21)17-25(28)26-20(3)22-12-8-9-13-24(22)31-4/h5-16,20H,17H2,1-4H3,(H,26,28)/t20-/m1/s1. The van der Waals surface area contributed by atoms with Crippen molar-refractivity contribution in [3.63, 3.8) is 0 Å². The molecule has 6 nitrogen and oxygen atoms in total. The van der Waals surface area contributed by atoms with Crippen molar-refractivity contribution in [2.45, 2.75) is 31.7 Å². The fraction of sp³-hybridized carbons (Fsp3) is 0.240. The van der Waals surface area contributed by atoms with Crippen molar-refractivity contribution in [1.82, 2.24) is 5.32 Å². The molecule has 0 heterocycles. The molecule has 0 spiro atoms. The van der Waals surface area contributed by atoms with Crippen LogP contribution in [0.15, 0.2) is 77.7 Å². The van der Waals surface area contributed by atoms with Gasteiger partial charge in [0.25, 0.3) is 10.0 Å². The Hall–Kier alpha value is -3.32. The van der Waals surface area contributed by atoms with Crippen molar-refractivity contribution < 1.29 is 17.9 Å².